The molecule has 43 heavy (non-hydrogen) atoms. The van der Waals surface area contributed by atoms with Gasteiger partial charge in [0.05, 0.1) is 16.8 Å². The number of ether oxygens (including phenoxy) is 1. The van der Waals surface area contributed by atoms with Gasteiger partial charge in [0, 0.05) is 5.02 Å². The Kier molecular flexibility index (Phi) is 9.09. The minimum absolute atomic E-state index is 0.0755. The number of hydrazone groups is 1. The van der Waals surface area contributed by atoms with Crippen LogP contribution in [0.2, 0.25) is 5.02 Å². The fourth-order valence-corrected chi connectivity index (χ4v) is 6.32. The summed E-state index contributed by atoms with van der Waals surface area (Å²) in [5, 5.41) is 6.82. The number of nitrogens with one attached hydrogen (secondary N) is 1. The zero-order valence-corrected chi connectivity index (χ0v) is 25.3. The van der Waals surface area contributed by atoms with Crippen molar-refractivity contribution in [3.63, 3.8) is 0 Å². The van der Waals surface area contributed by atoms with E-state index in [1.54, 1.807) is 37.3 Å². The molecule has 5 aromatic rings. The number of amides is 1. The van der Waals surface area contributed by atoms with Crippen LogP contribution in [-0.4, -0.2) is 27.1 Å². The highest BCUT2D eigenvalue weighted by atomic mass is 35.5. The number of hydrogen-bond acceptors (Lipinski definition) is 5. The van der Waals surface area contributed by atoms with Crippen molar-refractivity contribution < 1.29 is 17.9 Å². The normalized spacial score (nSPS) is 11.5. The van der Waals surface area contributed by atoms with Gasteiger partial charge in [-0.1, -0.05) is 71.8 Å². The molecule has 0 fully saturated rings. The van der Waals surface area contributed by atoms with Crippen LogP contribution in [0.5, 0.6) is 5.75 Å². The van der Waals surface area contributed by atoms with Crippen LogP contribution in [-0.2, 0) is 21.4 Å². The number of sulfonamides is 1. The summed E-state index contributed by atoms with van der Waals surface area (Å²) in [6, 6.07) is 32.9. The second-order valence-electron chi connectivity index (χ2n) is 10.0. The zero-order chi connectivity index (χ0) is 30.4. The van der Waals surface area contributed by atoms with Crippen LogP contribution in [0, 0.1) is 13.8 Å². The molecular weight excluding hydrogens is 582 g/mol. The largest absolute Gasteiger partial charge is 0.489 e. The standard InChI is InChI=1S/C34H30ClN3O4S/c1-24-10-17-31(18-11-24)43(40,41)38(33-19-14-29(35)20-25(33)2)22-34(39)37-36-21-26-12-15-30(16-13-26)42-23-28-8-5-7-27-6-3-4-9-32(27)28/h3-21H,22-23H2,1-2H3,(H,37,39)/b36-21-. The lowest BCUT2D eigenvalue weighted by atomic mass is 10.1. The first-order valence-electron chi connectivity index (χ1n) is 13.6. The summed E-state index contributed by atoms with van der Waals surface area (Å²) in [7, 11) is -4.06. The summed E-state index contributed by atoms with van der Waals surface area (Å²) in [6.45, 7) is 3.57. The van der Waals surface area contributed by atoms with E-state index in [1.165, 1.54) is 18.3 Å². The number of carbonyl (C=O) groups excluding carboxylic acids is 1. The Morgan fingerprint density at radius 3 is 2.37 bits per heavy atom. The Balaban J connectivity index is 1.24. The monoisotopic (exact) mass is 611 g/mol. The smallest absolute Gasteiger partial charge is 0.264 e. The lowest BCUT2D eigenvalue weighted by Gasteiger charge is -2.25. The molecule has 0 aliphatic rings. The highest BCUT2D eigenvalue weighted by molar-refractivity contribution is 7.92. The van der Waals surface area contributed by atoms with Gasteiger partial charge in [0.25, 0.3) is 15.9 Å². The number of fused-ring (bicyclic) bond motifs is 1. The predicted molar refractivity (Wildman–Crippen MR) is 172 cm³/mol. The number of carbonyl (C=O) groups is 1. The molecule has 5 aromatic carbocycles. The predicted octanol–water partition coefficient (Wildman–Crippen LogP) is 7.03. The highest BCUT2D eigenvalue weighted by Crippen LogP contribution is 2.29. The van der Waals surface area contributed by atoms with Crippen molar-refractivity contribution in [2.75, 3.05) is 10.8 Å². The first kappa shape index (κ1) is 29.8. The molecule has 0 aliphatic carbocycles. The molecule has 0 radical (unpaired) electrons. The maximum Gasteiger partial charge on any atom is 0.264 e. The summed E-state index contributed by atoms with van der Waals surface area (Å²) in [4.78, 5) is 13.0. The average molecular weight is 612 g/mol. The molecule has 0 saturated carbocycles. The van der Waals surface area contributed by atoms with Crippen molar-refractivity contribution in [2.24, 2.45) is 5.10 Å². The Labute approximate surface area is 256 Å². The summed E-state index contributed by atoms with van der Waals surface area (Å²) in [6.07, 6.45) is 1.48. The third-order valence-corrected chi connectivity index (χ3v) is 8.89. The number of benzene rings is 5. The molecule has 218 valence electrons. The lowest BCUT2D eigenvalue weighted by molar-refractivity contribution is -0.119. The van der Waals surface area contributed by atoms with Gasteiger partial charge < -0.3 is 4.74 Å². The van der Waals surface area contributed by atoms with E-state index in [-0.39, 0.29) is 4.90 Å². The van der Waals surface area contributed by atoms with Gasteiger partial charge in [-0.2, -0.15) is 5.10 Å². The van der Waals surface area contributed by atoms with E-state index in [4.69, 9.17) is 16.3 Å². The van der Waals surface area contributed by atoms with Gasteiger partial charge in [-0.3, -0.25) is 9.10 Å². The van der Waals surface area contributed by atoms with Crippen LogP contribution in [0.3, 0.4) is 0 Å². The van der Waals surface area contributed by atoms with Crippen LogP contribution in [0.4, 0.5) is 5.69 Å². The number of anilines is 1. The summed E-state index contributed by atoms with van der Waals surface area (Å²) < 4.78 is 34.3. The first-order valence-corrected chi connectivity index (χ1v) is 15.4. The van der Waals surface area contributed by atoms with Crippen molar-refractivity contribution in [3.05, 3.63) is 136 Å². The van der Waals surface area contributed by atoms with Gasteiger partial charge in [-0.25, -0.2) is 13.8 Å². The number of nitrogens with zero attached hydrogens (tertiary/aromatic N) is 2. The molecule has 0 bridgehead atoms. The molecule has 1 amide bonds. The Bertz CT molecular complexity index is 1890. The summed E-state index contributed by atoms with van der Waals surface area (Å²) in [5.74, 6) is 0.0979. The minimum atomic E-state index is -4.06. The minimum Gasteiger partial charge on any atom is -0.489 e. The molecular formula is C34H30ClN3O4S. The van der Waals surface area contributed by atoms with Gasteiger partial charge in [0.2, 0.25) is 0 Å². The number of rotatable bonds is 10. The third-order valence-electron chi connectivity index (χ3n) is 6.88. The van der Waals surface area contributed by atoms with E-state index in [0.717, 1.165) is 31.8 Å². The van der Waals surface area contributed by atoms with E-state index >= 15 is 0 Å². The number of hydrogen-bond donors (Lipinski definition) is 1. The third kappa shape index (κ3) is 7.23. The van der Waals surface area contributed by atoms with Crippen molar-refractivity contribution in [1.29, 1.82) is 0 Å². The fourth-order valence-electron chi connectivity index (χ4n) is 4.61. The van der Waals surface area contributed by atoms with Crippen LogP contribution in [0.25, 0.3) is 10.8 Å². The quantitative estimate of drug-likeness (QED) is 0.136. The Morgan fingerprint density at radius 1 is 0.907 bits per heavy atom. The molecule has 0 aliphatic heterocycles. The zero-order valence-electron chi connectivity index (χ0n) is 23.7. The second kappa shape index (κ2) is 13.1. The van der Waals surface area contributed by atoms with Crippen LogP contribution in [0.15, 0.2) is 119 Å². The highest BCUT2D eigenvalue weighted by Gasteiger charge is 2.28. The molecule has 9 heteroatoms. The SMILES string of the molecule is Cc1ccc(S(=O)(=O)N(CC(=O)N/N=C\c2ccc(OCc3cccc4ccccc34)cc2)c2ccc(Cl)cc2C)cc1. The first-order chi connectivity index (χ1) is 20.7. The average Bonchev–Trinajstić information content (AvgIpc) is 3.00. The Morgan fingerprint density at radius 2 is 1.63 bits per heavy atom. The number of halogens is 1. The number of aryl methyl sites for hydroxylation is 2. The topological polar surface area (TPSA) is 88.1 Å². The molecule has 1 N–H and O–H groups in total. The molecule has 0 atom stereocenters. The van der Waals surface area contributed by atoms with E-state index in [9.17, 15) is 13.2 Å². The van der Waals surface area contributed by atoms with E-state index in [2.05, 4.69) is 28.7 Å². The molecule has 5 rings (SSSR count). The van der Waals surface area contributed by atoms with E-state index in [1.807, 2.05) is 55.5 Å². The molecule has 7 nitrogen and oxygen atoms in total. The molecule has 0 aromatic heterocycles. The van der Waals surface area contributed by atoms with E-state index < -0.39 is 22.5 Å². The van der Waals surface area contributed by atoms with Crippen LogP contribution >= 0.6 is 11.6 Å². The van der Waals surface area contributed by atoms with Gasteiger partial charge in [0.1, 0.15) is 18.9 Å². The van der Waals surface area contributed by atoms with Gasteiger partial charge in [-0.15, -0.1) is 0 Å². The van der Waals surface area contributed by atoms with Crippen molar-refractivity contribution in [3.8, 4) is 5.75 Å². The van der Waals surface area contributed by atoms with Crippen molar-refractivity contribution in [1.82, 2.24) is 5.43 Å². The van der Waals surface area contributed by atoms with Crippen LogP contribution < -0.4 is 14.5 Å². The summed E-state index contributed by atoms with van der Waals surface area (Å²) >= 11 is 6.10. The molecule has 0 unspecified atom stereocenters. The van der Waals surface area contributed by atoms with Gasteiger partial charge >= 0.3 is 0 Å². The van der Waals surface area contributed by atoms with Crippen molar-refractivity contribution >= 4 is 50.2 Å². The summed E-state index contributed by atoms with van der Waals surface area (Å²) in [5.41, 5.74) is 6.15. The molecule has 0 saturated heterocycles. The lowest BCUT2D eigenvalue weighted by Crippen LogP contribution is -2.40. The maximum absolute atomic E-state index is 13.6. The maximum atomic E-state index is 13.6. The van der Waals surface area contributed by atoms with Gasteiger partial charge in [-0.05, 0) is 95.9 Å². The molecule has 0 spiro atoms. The van der Waals surface area contributed by atoms with E-state index in [0.29, 0.717) is 28.6 Å². The Hall–Kier alpha value is -4.66. The second-order valence-corrected chi connectivity index (χ2v) is 12.3. The molecule has 0 heterocycles. The van der Waals surface area contributed by atoms with Gasteiger partial charge in [0.15, 0.2) is 0 Å². The van der Waals surface area contributed by atoms with Crippen LogP contribution in [0.1, 0.15) is 22.3 Å². The van der Waals surface area contributed by atoms with Crippen molar-refractivity contribution in [2.45, 2.75) is 25.3 Å². The fraction of sp³-hybridized carbons (Fsp3) is 0.118.